The quantitative estimate of drug-likeness (QED) is 0.809. The van der Waals surface area contributed by atoms with Crippen molar-refractivity contribution < 1.29 is 0 Å². The van der Waals surface area contributed by atoms with E-state index >= 15 is 0 Å². The summed E-state index contributed by atoms with van der Waals surface area (Å²) in [5.41, 5.74) is 2.82. The average Bonchev–Trinajstić information content (AvgIpc) is 3.17. The zero-order chi connectivity index (χ0) is 13.8. The Kier molecular flexibility index (Phi) is 4.39. The van der Waals surface area contributed by atoms with Crippen molar-refractivity contribution >= 4 is 23.1 Å². The third-order valence-corrected chi connectivity index (χ3v) is 6.02. The van der Waals surface area contributed by atoms with Gasteiger partial charge >= 0.3 is 0 Å². The first-order valence-electron chi connectivity index (χ1n) is 6.92. The highest BCUT2D eigenvalue weighted by Crippen LogP contribution is 2.33. The molecule has 4 heteroatoms. The van der Waals surface area contributed by atoms with Crippen molar-refractivity contribution in [2.75, 3.05) is 0 Å². The van der Waals surface area contributed by atoms with E-state index in [1.54, 1.807) is 11.3 Å². The Balaban J connectivity index is 1.64. The minimum atomic E-state index is 0.695. The summed E-state index contributed by atoms with van der Waals surface area (Å²) in [6, 6.07) is 9.79. The summed E-state index contributed by atoms with van der Waals surface area (Å²) in [4.78, 5) is 4.71. The third-order valence-electron chi connectivity index (χ3n) is 3.61. The number of thiazole rings is 1. The van der Waals surface area contributed by atoms with Crippen LogP contribution in [0.5, 0.6) is 0 Å². The van der Waals surface area contributed by atoms with Crippen molar-refractivity contribution in [2.45, 2.75) is 36.7 Å². The fraction of sp³-hybridized carbons (Fsp3) is 0.375. The van der Waals surface area contributed by atoms with Gasteiger partial charge in [0.05, 0.1) is 17.3 Å². The first-order valence-corrected chi connectivity index (χ1v) is 8.84. The molecule has 1 aliphatic rings. The van der Waals surface area contributed by atoms with E-state index in [-0.39, 0.29) is 0 Å². The lowest BCUT2D eigenvalue weighted by atomic mass is 10.1. The smallest absolute Gasteiger partial charge is 0.103 e. The van der Waals surface area contributed by atoms with E-state index < -0.39 is 0 Å². The molecular weight excluding hydrogens is 284 g/mol. The second kappa shape index (κ2) is 6.43. The van der Waals surface area contributed by atoms with Gasteiger partial charge in [-0.2, -0.15) is 17.0 Å². The number of aromatic nitrogens is 1. The normalized spacial score (nSPS) is 15.3. The second-order valence-electron chi connectivity index (χ2n) is 5.03. The highest BCUT2D eigenvalue weighted by Gasteiger charge is 2.16. The summed E-state index contributed by atoms with van der Waals surface area (Å²) in [5, 5.41) is 13.0. The molecule has 1 aliphatic carbocycles. The molecule has 1 aromatic carbocycles. The van der Waals surface area contributed by atoms with Crippen molar-refractivity contribution in [1.29, 1.82) is 5.26 Å². The van der Waals surface area contributed by atoms with Crippen LogP contribution in [0.15, 0.2) is 29.6 Å². The monoisotopic (exact) mass is 300 g/mol. The number of nitriles is 1. The Bertz CT molecular complexity index is 604. The number of rotatable bonds is 4. The van der Waals surface area contributed by atoms with Crippen LogP contribution in [0.3, 0.4) is 0 Å². The number of hydrogen-bond acceptors (Lipinski definition) is 4. The summed E-state index contributed by atoms with van der Waals surface area (Å²) in [6.07, 6.45) is 5.54. The van der Waals surface area contributed by atoms with Gasteiger partial charge in [-0.1, -0.05) is 25.0 Å². The van der Waals surface area contributed by atoms with Crippen LogP contribution in [-0.2, 0) is 5.75 Å². The topological polar surface area (TPSA) is 36.7 Å². The molecule has 0 amide bonds. The maximum absolute atomic E-state index is 8.81. The van der Waals surface area contributed by atoms with Crippen LogP contribution in [0.4, 0.5) is 0 Å². The maximum Gasteiger partial charge on any atom is 0.103 e. The molecule has 20 heavy (non-hydrogen) atoms. The lowest BCUT2D eigenvalue weighted by molar-refractivity contribution is 0.886. The molecule has 0 atom stereocenters. The Morgan fingerprint density at radius 1 is 1.25 bits per heavy atom. The van der Waals surface area contributed by atoms with E-state index in [0.717, 1.165) is 22.3 Å². The van der Waals surface area contributed by atoms with Crippen LogP contribution in [0.1, 0.15) is 36.3 Å². The van der Waals surface area contributed by atoms with Crippen LogP contribution >= 0.6 is 23.1 Å². The number of thioether (sulfide) groups is 1. The molecular formula is C16H16N2S2. The van der Waals surface area contributed by atoms with Crippen molar-refractivity contribution in [3.63, 3.8) is 0 Å². The Morgan fingerprint density at radius 3 is 2.70 bits per heavy atom. The zero-order valence-electron chi connectivity index (χ0n) is 11.2. The maximum atomic E-state index is 8.81. The first kappa shape index (κ1) is 13.7. The number of benzene rings is 1. The van der Waals surface area contributed by atoms with Gasteiger partial charge in [0.2, 0.25) is 0 Å². The summed E-state index contributed by atoms with van der Waals surface area (Å²) in [6.45, 7) is 0. The molecule has 0 bridgehead atoms. The minimum absolute atomic E-state index is 0.695. The van der Waals surface area contributed by atoms with Gasteiger partial charge in [-0.25, -0.2) is 4.98 Å². The first-order chi connectivity index (χ1) is 9.85. The molecule has 0 saturated heterocycles. The van der Waals surface area contributed by atoms with E-state index in [9.17, 15) is 0 Å². The standard InChI is InChI=1S/C16H16N2S2/c17-9-12-5-7-13(8-6-12)15-10-20-16(18-15)11-19-14-3-1-2-4-14/h5-8,10,14H,1-4,11H2. The zero-order valence-corrected chi connectivity index (χ0v) is 12.8. The molecule has 0 radical (unpaired) electrons. The van der Waals surface area contributed by atoms with Gasteiger partial charge < -0.3 is 0 Å². The van der Waals surface area contributed by atoms with Crippen LogP contribution in [0.25, 0.3) is 11.3 Å². The Morgan fingerprint density at radius 2 is 2.00 bits per heavy atom. The summed E-state index contributed by atoms with van der Waals surface area (Å²) in [7, 11) is 0. The molecule has 102 valence electrons. The largest absolute Gasteiger partial charge is 0.240 e. The molecule has 1 aromatic heterocycles. The van der Waals surface area contributed by atoms with Gasteiger partial charge in [0.15, 0.2) is 0 Å². The molecule has 1 saturated carbocycles. The molecule has 2 nitrogen and oxygen atoms in total. The van der Waals surface area contributed by atoms with Gasteiger partial charge in [-0.15, -0.1) is 11.3 Å². The van der Waals surface area contributed by atoms with E-state index in [1.807, 2.05) is 24.3 Å². The fourth-order valence-electron chi connectivity index (χ4n) is 2.47. The molecule has 0 spiro atoms. The summed E-state index contributed by atoms with van der Waals surface area (Å²) in [5.74, 6) is 1.03. The molecule has 0 N–H and O–H groups in total. The third kappa shape index (κ3) is 3.23. The molecule has 3 rings (SSSR count). The van der Waals surface area contributed by atoms with Crippen LogP contribution in [-0.4, -0.2) is 10.2 Å². The van der Waals surface area contributed by atoms with Crippen LogP contribution in [0.2, 0.25) is 0 Å². The fourth-order valence-corrected chi connectivity index (χ4v) is 4.64. The van der Waals surface area contributed by atoms with E-state index in [2.05, 4.69) is 23.2 Å². The van der Waals surface area contributed by atoms with E-state index in [1.165, 1.54) is 30.7 Å². The van der Waals surface area contributed by atoms with Gasteiger partial charge in [-0.3, -0.25) is 0 Å². The van der Waals surface area contributed by atoms with Crippen molar-refractivity contribution in [3.8, 4) is 17.3 Å². The Labute approximate surface area is 127 Å². The molecule has 2 aromatic rings. The average molecular weight is 300 g/mol. The SMILES string of the molecule is N#Cc1ccc(-c2csc(CSC3CCCC3)n2)cc1. The lowest BCUT2D eigenvalue weighted by Crippen LogP contribution is -1.94. The van der Waals surface area contributed by atoms with E-state index in [4.69, 9.17) is 10.2 Å². The van der Waals surface area contributed by atoms with Gasteiger partial charge in [-0.05, 0) is 25.0 Å². The number of nitrogens with zero attached hydrogens (tertiary/aromatic N) is 2. The second-order valence-corrected chi connectivity index (χ2v) is 7.26. The van der Waals surface area contributed by atoms with Gasteiger partial charge in [0, 0.05) is 21.9 Å². The lowest BCUT2D eigenvalue weighted by Gasteiger charge is -2.05. The molecule has 1 heterocycles. The van der Waals surface area contributed by atoms with Gasteiger partial charge in [0.1, 0.15) is 5.01 Å². The highest BCUT2D eigenvalue weighted by atomic mass is 32.2. The highest BCUT2D eigenvalue weighted by molar-refractivity contribution is 7.99. The van der Waals surface area contributed by atoms with Crippen molar-refractivity contribution in [3.05, 3.63) is 40.2 Å². The van der Waals surface area contributed by atoms with Crippen LogP contribution < -0.4 is 0 Å². The molecule has 0 aliphatic heterocycles. The van der Waals surface area contributed by atoms with Crippen molar-refractivity contribution in [2.24, 2.45) is 0 Å². The molecule has 0 unspecified atom stereocenters. The molecule has 1 fully saturated rings. The summed E-state index contributed by atoms with van der Waals surface area (Å²) >= 11 is 3.80. The number of hydrogen-bond donors (Lipinski definition) is 0. The van der Waals surface area contributed by atoms with Crippen LogP contribution in [0, 0.1) is 11.3 Å². The summed E-state index contributed by atoms with van der Waals surface area (Å²) < 4.78 is 0. The Hall–Kier alpha value is -1.31. The van der Waals surface area contributed by atoms with Crippen molar-refractivity contribution in [1.82, 2.24) is 4.98 Å². The predicted molar refractivity (Wildman–Crippen MR) is 85.8 cm³/mol. The predicted octanol–water partition coefficient (Wildman–Crippen LogP) is 4.86. The minimum Gasteiger partial charge on any atom is -0.240 e. The van der Waals surface area contributed by atoms with E-state index in [0.29, 0.717) is 5.56 Å². The van der Waals surface area contributed by atoms with Gasteiger partial charge in [0.25, 0.3) is 0 Å².